The Labute approximate surface area is 120 Å². The maximum Gasteiger partial charge on any atom is 0.374 e. The van der Waals surface area contributed by atoms with E-state index in [1.54, 1.807) is 6.20 Å². The number of aromatic amines is 1. The van der Waals surface area contributed by atoms with Gasteiger partial charge >= 0.3 is 5.97 Å². The van der Waals surface area contributed by atoms with Crippen LogP contribution in [0.15, 0.2) is 41.1 Å². The molecule has 3 rings (SSSR count). The van der Waals surface area contributed by atoms with Crippen LogP contribution < -0.4 is 0 Å². The van der Waals surface area contributed by atoms with Crippen LogP contribution in [0.5, 0.6) is 0 Å². The molecule has 0 saturated heterocycles. The van der Waals surface area contributed by atoms with E-state index in [0.717, 1.165) is 11.1 Å². The van der Waals surface area contributed by atoms with Crippen molar-refractivity contribution in [1.82, 2.24) is 15.1 Å². The zero-order valence-electron chi connectivity index (χ0n) is 11.6. The lowest BCUT2D eigenvalue weighted by atomic mass is 10.0. The smallest absolute Gasteiger partial charge is 0.374 e. The fraction of sp³-hybridized carbons (Fsp3) is 0.133. The predicted octanol–water partition coefficient (Wildman–Crippen LogP) is 2.83. The number of H-pyrrole nitrogens is 1. The molecular weight excluding hydrogens is 270 g/mol. The monoisotopic (exact) mass is 283 g/mol. The minimum atomic E-state index is -0.517. The van der Waals surface area contributed by atoms with Gasteiger partial charge in [0, 0.05) is 5.56 Å². The van der Waals surface area contributed by atoms with E-state index in [1.807, 2.05) is 37.3 Å². The molecule has 0 aliphatic rings. The highest BCUT2D eigenvalue weighted by molar-refractivity contribution is 5.87. The summed E-state index contributed by atoms with van der Waals surface area (Å²) in [5, 5.41) is 4.10. The van der Waals surface area contributed by atoms with Gasteiger partial charge in [-0.15, -0.1) is 0 Å². The van der Waals surface area contributed by atoms with Crippen LogP contribution in [-0.2, 0) is 4.74 Å². The fourth-order valence-corrected chi connectivity index (χ4v) is 2.13. The van der Waals surface area contributed by atoms with Crippen LogP contribution in [0.4, 0.5) is 0 Å². The number of esters is 1. The SMILES string of the molecule is COC(=O)c1ncc(-c2c(-c3ccccc3)noc2C)[nH]1. The zero-order chi connectivity index (χ0) is 14.8. The van der Waals surface area contributed by atoms with Crippen molar-refractivity contribution in [3.05, 3.63) is 48.1 Å². The van der Waals surface area contributed by atoms with Gasteiger partial charge in [0.25, 0.3) is 0 Å². The Morgan fingerprint density at radius 3 is 2.76 bits per heavy atom. The lowest BCUT2D eigenvalue weighted by molar-refractivity contribution is 0.0588. The van der Waals surface area contributed by atoms with Gasteiger partial charge < -0.3 is 14.2 Å². The summed E-state index contributed by atoms with van der Waals surface area (Å²) in [5.74, 6) is 0.276. The van der Waals surface area contributed by atoms with Crippen molar-refractivity contribution in [3.63, 3.8) is 0 Å². The first-order valence-electron chi connectivity index (χ1n) is 6.36. The summed E-state index contributed by atoms with van der Waals surface area (Å²) in [4.78, 5) is 18.4. The lowest BCUT2D eigenvalue weighted by Gasteiger charge is -2.00. The second kappa shape index (κ2) is 5.24. The molecule has 0 atom stereocenters. The first-order chi connectivity index (χ1) is 10.2. The Morgan fingerprint density at radius 2 is 2.05 bits per heavy atom. The van der Waals surface area contributed by atoms with Crippen molar-refractivity contribution >= 4 is 5.97 Å². The van der Waals surface area contributed by atoms with E-state index in [0.29, 0.717) is 17.1 Å². The van der Waals surface area contributed by atoms with Crippen molar-refractivity contribution in [2.75, 3.05) is 7.11 Å². The van der Waals surface area contributed by atoms with E-state index < -0.39 is 5.97 Å². The Kier molecular flexibility index (Phi) is 3.27. The molecule has 106 valence electrons. The van der Waals surface area contributed by atoms with Gasteiger partial charge in [0.2, 0.25) is 5.82 Å². The standard InChI is InChI=1S/C15H13N3O3/c1-9-12(11-8-16-14(17-11)15(19)20-2)13(18-21-9)10-6-4-3-5-7-10/h3-8H,1-2H3,(H,16,17). The van der Waals surface area contributed by atoms with Gasteiger partial charge in [0.15, 0.2) is 0 Å². The Bertz CT molecular complexity index is 775. The molecule has 0 bridgehead atoms. The molecule has 0 amide bonds. The molecule has 3 aromatic rings. The second-order valence-electron chi connectivity index (χ2n) is 4.47. The highest BCUT2D eigenvalue weighted by Crippen LogP contribution is 2.33. The summed E-state index contributed by atoms with van der Waals surface area (Å²) in [6, 6.07) is 9.67. The number of hydrogen-bond donors (Lipinski definition) is 1. The average molecular weight is 283 g/mol. The number of aromatic nitrogens is 3. The molecule has 0 aliphatic heterocycles. The van der Waals surface area contributed by atoms with Crippen molar-refractivity contribution in [3.8, 4) is 22.5 Å². The van der Waals surface area contributed by atoms with Crippen molar-refractivity contribution < 1.29 is 14.1 Å². The van der Waals surface area contributed by atoms with Crippen molar-refractivity contribution in [2.24, 2.45) is 0 Å². The maximum absolute atomic E-state index is 11.5. The molecule has 6 heteroatoms. The first kappa shape index (κ1) is 13.1. The summed E-state index contributed by atoms with van der Waals surface area (Å²) >= 11 is 0. The summed E-state index contributed by atoms with van der Waals surface area (Å²) in [7, 11) is 1.31. The van der Waals surface area contributed by atoms with Crippen LogP contribution in [-0.4, -0.2) is 28.2 Å². The summed E-state index contributed by atoms with van der Waals surface area (Å²) in [6.07, 6.45) is 1.57. The highest BCUT2D eigenvalue weighted by atomic mass is 16.5. The van der Waals surface area contributed by atoms with E-state index in [1.165, 1.54) is 7.11 Å². The maximum atomic E-state index is 11.5. The minimum Gasteiger partial charge on any atom is -0.463 e. The number of nitrogens with one attached hydrogen (secondary N) is 1. The third-order valence-electron chi connectivity index (χ3n) is 3.13. The number of rotatable bonds is 3. The number of ether oxygens (including phenoxy) is 1. The van der Waals surface area contributed by atoms with Gasteiger partial charge in [0.1, 0.15) is 11.5 Å². The van der Waals surface area contributed by atoms with E-state index in [-0.39, 0.29) is 5.82 Å². The fourth-order valence-electron chi connectivity index (χ4n) is 2.13. The topological polar surface area (TPSA) is 81.0 Å². The molecule has 0 spiro atoms. The number of methoxy groups -OCH3 is 1. The molecule has 0 unspecified atom stereocenters. The summed E-state index contributed by atoms with van der Waals surface area (Å²) in [6.45, 7) is 1.81. The van der Waals surface area contributed by atoms with Crippen LogP contribution in [0.3, 0.4) is 0 Å². The summed E-state index contributed by atoms with van der Waals surface area (Å²) < 4.78 is 9.93. The Hall–Kier alpha value is -2.89. The van der Waals surface area contributed by atoms with E-state index in [2.05, 4.69) is 19.9 Å². The molecule has 1 aromatic carbocycles. The lowest BCUT2D eigenvalue weighted by Crippen LogP contribution is -2.03. The molecule has 21 heavy (non-hydrogen) atoms. The third kappa shape index (κ3) is 2.31. The van der Waals surface area contributed by atoms with Crippen LogP contribution >= 0.6 is 0 Å². The number of carbonyl (C=O) groups excluding carboxylic acids is 1. The van der Waals surface area contributed by atoms with E-state index in [4.69, 9.17) is 4.52 Å². The number of aryl methyl sites for hydroxylation is 1. The van der Waals surface area contributed by atoms with Crippen molar-refractivity contribution in [2.45, 2.75) is 6.92 Å². The Balaban J connectivity index is 2.09. The highest BCUT2D eigenvalue weighted by Gasteiger charge is 2.20. The zero-order valence-corrected chi connectivity index (χ0v) is 11.6. The molecule has 0 saturated carbocycles. The largest absolute Gasteiger partial charge is 0.463 e. The van der Waals surface area contributed by atoms with Gasteiger partial charge in [-0.3, -0.25) is 0 Å². The second-order valence-corrected chi connectivity index (χ2v) is 4.47. The van der Waals surface area contributed by atoms with Gasteiger partial charge in [0.05, 0.1) is 24.6 Å². The number of hydrogen-bond acceptors (Lipinski definition) is 5. The molecule has 1 N–H and O–H groups in total. The van der Waals surface area contributed by atoms with Gasteiger partial charge in [-0.05, 0) is 6.92 Å². The normalized spacial score (nSPS) is 10.6. The number of imidazole rings is 1. The molecule has 2 heterocycles. The van der Waals surface area contributed by atoms with Crippen LogP contribution in [0.25, 0.3) is 22.5 Å². The molecule has 0 aliphatic carbocycles. The van der Waals surface area contributed by atoms with E-state index in [9.17, 15) is 4.79 Å². The third-order valence-corrected chi connectivity index (χ3v) is 3.13. The number of nitrogens with zero attached hydrogens (tertiary/aromatic N) is 2. The van der Waals surface area contributed by atoms with Gasteiger partial charge in [-0.1, -0.05) is 35.5 Å². The van der Waals surface area contributed by atoms with Crippen LogP contribution in [0, 0.1) is 6.92 Å². The van der Waals surface area contributed by atoms with Gasteiger partial charge in [-0.25, -0.2) is 9.78 Å². The van der Waals surface area contributed by atoms with E-state index >= 15 is 0 Å². The molecular formula is C15H13N3O3. The molecule has 2 aromatic heterocycles. The van der Waals surface area contributed by atoms with Crippen molar-refractivity contribution in [1.29, 1.82) is 0 Å². The summed E-state index contributed by atoms with van der Waals surface area (Å²) in [5.41, 5.74) is 3.07. The number of benzene rings is 1. The van der Waals surface area contributed by atoms with Crippen LogP contribution in [0.1, 0.15) is 16.4 Å². The number of carbonyl (C=O) groups is 1. The Morgan fingerprint density at radius 1 is 1.29 bits per heavy atom. The van der Waals surface area contributed by atoms with Gasteiger partial charge in [-0.2, -0.15) is 0 Å². The first-order valence-corrected chi connectivity index (χ1v) is 6.36. The molecule has 6 nitrogen and oxygen atoms in total. The molecule has 0 radical (unpaired) electrons. The predicted molar refractivity (Wildman–Crippen MR) is 75.6 cm³/mol. The minimum absolute atomic E-state index is 0.145. The van der Waals surface area contributed by atoms with Crippen LogP contribution in [0.2, 0.25) is 0 Å². The molecule has 0 fully saturated rings. The quantitative estimate of drug-likeness (QED) is 0.747. The average Bonchev–Trinajstić information content (AvgIpc) is 3.13.